The van der Waals surface area contributed by atoms with Gasteiger partial charge >= 0.3 is 17.9 Å². The van der Waals surface area contributed by atoms with E-state index in [1.54, 1.807) is 19.1 Å². The van der Waals surface area contributed by atoms with E-state index < -0.39 is 71.0 Å². The minimum Gasteiger partial charge on any atom is -0.505 e. The van der Waals surface area contributed by atoms with Crippen LogP contribution in [0.5, 0.6) is 0 Å². The van der Waals surface area contributed by atoms with Gasteiger partial charge in [0.25, 0.3) is 0 Å². The van der Waals surface area contributed by atoms with Gasteiger partial charge in [0.05, 0.1) is 18.4 Å². The number of ether oxygens (including phenoxy) is 4. The van der Waals surface area contributed by atoms with Gasteiger partial charge in [0.1, 0.15) is 24.4 Å². The van der Waals surface area contributed by atoms with E-state index in [2.05, 4.69) is 11.3 Å². The molecule has 0 aromatic heterocycles. The highest BCUT2D eigenvalue weighted by Crippen LogP contribution is 2.67. The van der Waals surface area contributed by atoms with Crippen LogP contribution in [-0.4, -0.2) is 75.1 Å². The lowest BCUT2D eigenvalue weighted by Crippen LogP contribution is -2.49. The number of aliphatic hydroxyl groups is 3. The fourth-order valence-electron chi connectivity index (χ4n) is 6.27. The fraction of sp³-hybridized carbons (Fsp3) is 0.474. The molecule has 0 aromatic rings. The van der Waals surface area contributed by atoms with Crippen LogP contribution in [0.2, 0.25) is 0 Å². The van der Waals surface area contributed by atoms with E-state index >= 15 is 0 Å². The largest absolute Gasteiger partial charge is 0.505 e. The summed E-state index contributed by atoms with van der Waals surface area (Å²) < 4.78 is 21.5. The molecule has 3 rings (SSSR count). The number of hydrogen-bond donors (Lipinski definition) is 3. The third-order valence-corrected chi connectivity index (χ3v) is 9.08. The van der Waals surface area contributed by atoms with Crippen molar-refractivity contribution in [2.75, 3.05) is 6.61 Å². The molecule has 49 heavy (non-hydrogen) atoms. The van der Waals surface area contributed by atoms with E-state index in [0.717, 1.165) is 11.1 Å². The van der Waals surface area contributed by atoms with Crippen LogP contribution < -0.4 is 0 Å². The van der Waals surface area contributed by atoms with Crippen LogP contribution >= 0.6 is 0 Å². The molecule has 11 heteroatoms. The van der Waals surface area contributed by atoms with E-state index in [-0.39, 0.29) is 25.0 Å². The van der Waals surface area contributed by atoms with Crippen LogP contribution in [0, 0.1) is 5.41 Å². The average molecular weight is 681 g/mol. The van der Waals surface area contributed by atoms with E-state index in [1.807, 2.05) is 83.2 Å². The zero-order valence-corrected chi connectivity index (χ0v) is 29.1. The molecule has 2 aliphatic heterocycles. The highest BCUT2D eigenvalue weighted by molar-refractivity contribution is 5.96. The van der Waals surface area contributed by atoms with Gasteiger partial charge in [0, 0.05) is 18.3 Å². The van der Waals surface area contributed by atoms with Crippen molar-refractivity contribution < 1.29 is 53.4 Å². The summed E-state index contributed by atoms with van der Waals surface area (Å²) in [6, 6.07) is 0. The summed E-state index contributed by atoms with van der Waals surface area (Å²) >= 11 is 0. The predicted molar refractivity (Wildman–Crippen MR) is 182 cm³/mol. The summed E-state index contributed by atoms with van der Waals surface area (Å²) in [4.78, 5) is 49.3. The molecule has 3 aliphatic rings. The molecule has 1 saturated carbocycles. The van der Waals surface area contributed by atoms with Crippen molar-refractivity contribution in [3.05, 3.63) is 95.6 Å². The van der Waals surface area contributed by atoms with Crippen LogP contribution in [0.15, 0.2) is 95.6 Å². The Labute approximate surface area is 287 Å². The topological polar surface area (TPSA) is 169 Å². The van der Waals surface area contributed by atoms with Gasteiger partial charge in [-0.2, -0.15) is 0 Å². The molecular weight excluding hydrogens is 632 g/mol. The van der Waals surface area contributed by atoms with Gasteiger partial charge in [0.2, 0.25) is 5.76 Å². The highest BCUT2D eigenvalue weighted by atomic mass is 16.6. The normalized spacial score (nSPS) is 27.7. The van der Waals surface area contributed by atoms with Crippen LogP contribution in [0.25, 0.3) is 0 Å². The Kier molecular flexibility index (Phi) is 12.9. The number of allylic oxidation sites excluding steroid dienone is 13. The Morgan fingerprint density at radius 2 is 1.55 bits per heavy atom. The maximum atomic E-state index is 13.3. The first kappa shape index (κ1) is 39.0. The number of hydrogen-bond acceptors (Lipinski definition) is 11. The first-order chi connectivity index (χ1) is 22.9. The van der Waals surface area contributed by atoms with E-state index in [4.69, 9.17) is 14.2 Å². The SMILES string of the molecule is C=C/C=C/C(C)=C/C=C/C=C(C)/C=C/C=C(\C)C(=O)CC12OC1(C)CC(OC(=O)CCC(=O)OC[C@H](O)[C@H]1OC(=O)C(O)=C1O)CC2(C)C. The number of fused-ring (bicyclic) bond motifs is 1. The van der Waals surface area contributed by atoms with Gasteiger partial charge in [0.15, 0.2) is 17.6 Å². The quantitative estimate of drug-likeness (QED) is 0.0589. The highest BCUT2D eigenvalue weighted by Gasteiger charge is 2.76. The Morgan fingerprint density at radius 3 is 2.12 bits per heavy atom. The maximum Gasteiger partial charge on any atom is 0.377 e. The molecule has 0 bridgehead atoms. The smallest absolute Gasteiger partial charge is 0.377 e. The molecule has 0 radical (unpaired) electrons. The molecule has 0 amide bonds. The van der Waals surface area contributed by atoms with Gasteiger partial charge < -0.3 is 34.3 Å². The van der Waals surface area contributed by atoms with Crippen LogP contribution in [0.4, 0.5) is 0 Å². The molecule has 266 valence electrons. The van der Waals surface area contributed by atoms with Crippen molar-refractivity contribution in [1.82, 2.24) is 0 Å². The number of epoxide rings is 1. The molecule has 3 N–H and O–H groups in total. The number of ketones is 1. The summed E-state index contributed by atoms with van der Waals surface area (Å²) in [6.07, 6.45) is 15.8. The van der Waals surface area contributed by atoms with Crippen LogP contribution in [0.1, 0.15) is 73.6 Å². The van der Waals surface area contributed by atoms with Gasteiger partial charge in [-0.3, -0.25) is 14.4 Å². The van der Waals surface area contributed by atoms with Crippen molar-refractivity contribution in [2.45, 2.75) is 103 Å². The molecule has 0 spiro atoms. The number of aliphatic hydroxyl groups excluding tert-OH is 3. The number of Topliss-reactive ketones (excluding diaryl/α,β-unsaturated/α-hetero) is 1. The number of esters is 3. The van der Waals surface area contributed by atoms with Crippen molar-refractivity contribution in [2.24, 2.45) is 5.41 Å². The molecule has 1 aliphatic carbocycles. The predicted octanol–water partition coefficient (Wildman–Crippen LogP) is 5.84. The summed E-state index contributed by atoms with van der Waals surface area (Å²) in [6.45, 7) is 14.7. The Morgan fingerprint density at radius 1 is 0.939 bits per heavy atom. The number of carbonyl (C=O) groups is 4. The summed E-state index contributed by atoms with van der Waals surface area (Å²) in [5, 5.41) is 29.0. The van der Waals surface area contributed by atoms with Gasteiger partial charge in [-0.15, -0.1) is 0 Å². The van der Waals surface area contributed by atoms with Crippen LogP contribution in [0.3, 0.4) is 0 Å². The minimum absolute atomic E-state index is 0.0237. The maximum absolute atomic E-state index is 13.3. The van der Waals surface area contributed by atoms with E-state index in [1.165, 1.54) is 0 Å². The van der Waals surface area contributed by atoms with Gasteiger partial charge in [-0.1, -0.05) is 92.3 Å². The standard InChI is InChI=1S/C38H48O11/c1-8-9-13-24(2)14-10-11-15-25(3)16-12-17-26(4)28(39)22-38-36(5,6)20-27(21-37(38,7)49-38)47-31(42)19-18-30(41)46-23-29(40)34-32(43)33(44)35(45)48-34/h8-17,27,29,34,40,43-44H,1,18-23H2,2-7H3/b11-10+,13-9+,16-12+,24-14+,25-15+,26-17+/t27?,29-,34+,37?,38?/m0/s1. The van der Waals surface area contributed by atoms with Gasteiger partial charge in [-0.25, -0.2) is 4.79 Å². The second kappa shape index (κ2) is 16.3. The van der Waals surface area contributed by atoms with E-state index in [9.17, 15) is 34.5 Å². The summed E-state index contributed by atoms with van der Waals surface area (Å²) in [7, 11) is 0. The lowest BCUT2D eigenvalue weighted by atomic mass is 9.61. The van der Waals surface area contributed by atoms with Crippen molar-refractivity contribution in [3.8, 4) is 0 Å². The third-order valence-electron chi connectivity index (χ3n) is 9.08. The van der Waals surface area contributed by atoms with Crippen molar-refractivity contribution in [1.29, 1.82) is 0 Å². The van der Waals surface area contributed by atoms with Crippen molar-refractivity contribution in [3.63, 3.8) is 0 Å². The second-order valence-electron chi connectivity index (χ2n) is 13.5. The van der Waals surface area contributed by atoms with E-state index in [0.29, 0.717) is 18.4 Å². The number of carbonyl (C=O) groups excluding carboxylic acids is 4. The molecular formula is C38H48O11. The molecule has 0 aromatic carbocycles. The molecule has 5 atom stereocenters. The van der Waals surface area contributed by atoms with Gasteiger partial charge in [-0.05, 0) is 39.7 Å². The van der Waals surface area contributed by atoms with Crippen molar-refractivity contribution >= 4 is 23.7 Å². The summed E-state index contributed by atoms with van der Waals surface area (Å²) in [5.41, 5.74) is 0.873. The molecule has 11 nitrogen and oxygen atoms in total. The zero-order chi connectivity index (χ0) is 36.6. The molecule has 3 unspecified atom stereocenters. The molecule has 2 fully saturated rings. The second-order valence-corrected chi connectivity index (χ2v) is 13.5. The Hall–Kier alpha value is -4.48. The minimum atomic E-state index is -1.61. The molecule has 2 heterocycles. The van der Waals surface area contributed by atoms with Crippen LogP contribution in [-0.2, 0) is 38.1 Å². The monoisotopic (exact) mass is 680 g/mol. The first-order valence-electron chi connectivity index (χ1n) is 16.2. The number of cyclic esters (lactones) is 1. The first-order valence-corrected chi connectivity index (χ1v) is 16.2. The lowest BCUT2D eigenvalue weighted by molar-refractivity contribution is -0.159. The zero-order valence-electron chi connectivity index (χ0n) is 29.1. The molecule has 1 saturated heterocycles. The lowest BCUT2D eigenvalue weighted by Gasteiger charge is -2.41. The summed E-state index contributed by atoms with van der Waals surface area (Å²) in [5.74, 6) is -4.53. The number of rotatable bonds is 16. The Bertz CT molecular complexity index is 1540. The fourth-order valence-corrected chi connectivity index (χ4v) is 6.27. The average Bonchev–Trinajstić information content (AvgIpc) is 3.57. The third kappa shape index (κ3) is 9.79. The Balaban J connectivity index is 1.47.